The van der Waals surface area contributed by atoms with Crippen LogP contribution in [0.15, 0.2) is 110 Å². The smallest absolute Gasteiger partial charge is 0.253 e. The minimum atomic E-state index is -1.33. The van der Waals surface area contributed by atoms with Crippen LogP contribution in [0, 0.1) is 11.8 Å². The number of para-hydroxylation sites is 1. The molecule has 1 spiro atoms. The van der Waals surface area contributed by atoms with Crippen molar-refractivity contribution in [2.24, 2.45) is 11.8 Å². The number of aliphatic hydroxyl groups is 1. The lowest BCUT2D eigenvalue weighted by molar-refractivity contribution is -0.144. The van der Waals surface area contributed by atoms with E-state index in [0.29, 0.717) is 23.4 Å². The number of hydrogen-bond acceptors (Lipinski definition) is 6. The zero-order chi connectivity index (χ0) is 35.6. The molecule has 2 bridgehead atoms. The van der Waals surface area contributed by atoms with Gasteiger partial charge in [-0.15, -0.1) is 13.2 Å². The number of alkyl halides is 1. The Hall–Kier alpha value is -4.25. The number of benzene rings is 3. The van der Waals surface area contributed by atoms with Crippen LogP contribution in [0.1, 0.15) is 31.9 Å². The minimum Gasteiger partial charge on any atom is -0.394 e. The van der Waals surface area contributed by atoms with Gasteiger partial charge in [0, 0.05) is 48.1 Å². The van der Waals surface area contributed by atoms with E-state index in [1.807, 2.05) is 84.9 Å². The van der Waals surface area contributed by atoms with Gasteiger partial charge in [-0.1, -0.05) is 76.6 Å². The summed E-state index contributed by atoms with van der Waals surface area (Å²) < 4.78 is 6.86. The van der Waals surface area contributed by atoms with Crippen LogP contribution >= 0.6 is 15.9 Å². The third-order valence-corrected chi connectivity index (χ3v) is 11.3. The molecule has 0 aromatic heterocycles. The first-order valence-electron chi connectivity index (χ1n) is 17.3. The topological polar surface area (TPSA) is 93.6 Å². The number of aliphatic hydroxyl groups excluding tert-OH is 1. The predicted octanol–water partition coefficient (Wildman–Crippen LogP) is 5.75. The molecule has 0 saturated carbocycles. The fraction of sp³-hybridized carbons (Fsp3) is 0.375. The molecule has 0 radical (unpaired) electrons. The summed E-state index contributed by atoms with van der Waals surface area (Å²) in [5, 5.41) is 10.9. The lowest BCUT2D eigenvalue weighted by atomic mass is 9.70. The highest BCUT2D eigenvalue weighted by atomic mass is 79.9. The molecule has 3 aliphatic heterocycles. The molecular formula is C40H45BrN4O5. The third kappa shape index (κ3) is 5.97. The fourth-order valence-electron chi connectivity index (χ4n) is 8.27. The van der Waals surface area contributed by atoms with Gasteiger partial charge in [0.15, 0.2) is 0 Å². The number of carbonyl (C=O) groups excluding carboxylic acids is 3. The lowest BCUT2D eigenvalue weighted by Crippen LogP contribution is -2.58. The van der Waals surface area contributed by atoms with Gasteiger partial charge >= 0.3 is 0 Å². The Bertz CT molecular complexity index is 1700. The van der Waals surface area contributed by atoms with Crippen LogP contribution in [0.3, 0.4) is 0 Å². The molecule has 3 unspecified atom stereocenters. The molecule has 6 rings (SSSR count). The highest BCUT2D eigenvalue weighted by molar-refractivity contribution is 9.09. The van der Waals surface area contributed by atoms with Gasteiger partial charge in [0.25, 0.3) is 5.91 Å². The third-order valence-electron chi connectivity index (χ3n) is 10.5. The molecule has 3 amide bonds. The maximum absolute atomic E-state index is 15.2. The Morgan fingerprint density at radius 2 is 1.44 bits per heavy atom. The van der Waals surface area contributed by atoms with Gasteiger partial charge in [0.1, 0.15) is 11.6 Å². The van der Waals surface area contributed by atoms with Crippen molar-refractivity contribution in [2.75, 3.05) is 47.5 Å². The van der Waals surface area contributed by atoms with E-state index in [0.717, 1.165) is 18.8 Å². The van der Waals surface area contributed by atoms with E-state index in [-0.39, 0.29) is 35.6 Å². The van der Waals surface area contributed by atoms with E-state index >= 15 is 9.59 Å². The predicted molar refractivity (Wildman–Crippen MR) is 200 cm³/mol. The SMILES string of the molecule is C=CCN(C(=O)C1N([C@H](CO)c2ccccc2)C(=O)[C@@H]2[C@H](C(=O)N(CC=C)c3ccccc3)[C@H]3OC12CC3Br)c1ccc(N(CC)CC)cc1. The van der Waals surface area contributed by atoms with E-state index in [4.69, 9.17) is 4.74 Å². The van der Waals surface area contributed by atoms with Gasteiger partial charge in [0.05, 0.1) is 30.6 Å². The number of ether oxygens (including phenoxy) is 1. The van der Waals surface area contributed by atoms with Gasteiger partial charge in [-0.2, -0.15) is 0 Å². The van der Waals surface area contributed by atoms with E-state index in [1.165, 1.54) is 4.90 Å². The van der Waals surface area contributed by atoms with E-state index < -0.39 is 42.2 Å². The Morgan fingerprint density at radius 3 is 2.00 bits per heavy atom. The average molecular weight is 742 g/mol. The van der Waals surface area contributed by atoms with Crippen LogP contribution in [-0.2, 0) is 19.1 Å². The number of likely N-dealkylation sites (tertiary alicyclic amines) is 1. The average Bonchev–Trinajstić information content (AvgIpc) is 3.74. The van der Waals surface area contributed by atoms with Crippen LogP contribution in [0.4, 0.5) is 17.1 Å². The Morgan fingerprint density at radius 1 is 0.900 bits per heavy atom. The number of carbonyl (C=O) groups is 3. The molecule has 10 heteroatoms. The number of halogens is 1. The molecule has 0 aliphatic carbocycles. The number of fused-ring (bicyclic) bond motifs is 1. The maximum Gasteiger partial charge on any atom is 0.253 e. The molecule has 3 aliphatic rings. The number of hydrogen-bond donors (Lipinski definition) is 1. The first-order chi connectivity index (χ1) is 24.3. The van der Waals surface area contributed by atoms with Gasteiger partial charge in [0.2, 0.25) is 11.8 Å². The standard InChI is InChI=1S/C40H45BrN4O5/c1-5-23-43(29-17-13-10-14-18-29)37(47)33-34-38(48)45(32(26-46)27-15-11-9-12-16-27)36(40(34)25-31(41)35(33)50-40)39(49)44(24-6-2)30-21-19-28(20-22-30)42(7-3)8-4/h5-6,9-22,31-36,46H,1-2,7-8,23-26H2,3-4H3/t31?,32-,33+,34+,35+,36?,40?/m1/s1. The Labute approximate surface area is 302 Å². The second-order valence-corrected chi connectivity index (χ2v) is 14.2. The second-order valence-electron chi connectivity index (χ2n) is 13.0. The summed E-state index contributed by atoms with van der Waals surface area (Å²) in [5.41, 5.74) is 1.72. The molecule has 3 heterocycles. The van der Waals surface area contributed by atoms with Crippen LogP contribution < -0.4 is 14.7 Å². The van der Waals surface area contributed by atoms with Crippen molar-refractivity contribution in [3.8, 4) is 0 Å². The largest absolute Gasteiger partial charge is 0.394 e. The first-order valence-corrected chi connectivity index (χ1v) is 18.2. The highest BCUT2D eigenvalue weighted by Crippen LogP contribution is 2.61. The number of rotatable bonds is 14. The molecule has 3 aromatic carbocycles. The Kier molecular flexibility index (Phi) is 10.6. The van der Waals surface area contributed by atoms with Crippen molar-refractivity contribution in [2.45, 2.75) is 48.9 Å². The molecule has 3 aromatic rings. The summed E-state index contributed by atoms with van der Waals surface area (Å²) in [5.74, 6) is -2.84. The quantitative estimate of drug-likeness (QED) is 0.167. The molecule has 3 saturated heterocycles. The fourth-order valence-corrected chi connectivity index (χ4v) is 9.21. The van der Waals surface area contributed by atoms with E-state index in [2.05, 4.69) is 47.8 Å². The van der Waals surface area contributed by atoms with E-state index in [1.54, 1.807) is 22.0 Å². The van der Waals surface area contributed by atoms with Gasteiger partial charge in [-0.25, -0.2) is 0 Å². The van der Waals surface area contributed by atoms with Crippen molar-refractivity contribution in [1.29, 1.82) is 0 Å². The summed E-state index contributed by atoms with van der Waals surface area (Å²) >= 11 is 3.80. The summed E-state index contributed by atoms with van der Waals surface area (Å²) in [6, 6.07) is 24.3. The van der Waals surface area contributed by atoms with Crippen LogP contribution in [0.25, 0.3) is 0 Å². The molecule has 3 fully saturated rings. The van der Waals surface area contributed by atoms with Crippen molar-refractivity contribution in [3.63, 3.8) is 0 Å². The lowest BCUT2D eigenvalue weighted by Gasteiger charge is -2.39. The molecule has 50 heavy (non-hydrogen) atoms. The minimum absolute atomic E-state index is 0.183. The zero-order valence-electron chi connectivity index (χ0n) is 28.6. The summed E-state index contributed by atoms with van der Waals surface area (Å²) in [4.78, 5) is 51.6. The highest BCUT2D eigenvalue weighted by Gasteiger charge is 2.77. The van der Waals surface area contributed by atoms with Crippen molar-refractivity contribution in [3.05, 3.63) is 116 Å². The second kappa shape index (κ2) is 14.9. The summed E-state index contributed by atoms with van der Waals surface area (Å²) in [6.07, 6.45) is 3.02. The monoisotopic (exact) mass is 740 g/mol. The molecule has 7 atom stereocenters. The number of anilines is 3. The van der Waals surface area contributed by atoms with E-state index in [9.17, 15) is 9.90 Å². The van der Waals surface area contributed by atoms with Gasteiger partial charge in [-0.05, 0) is 62.2 Å². The van der Waals surface area contributed by atoms with Crippen molar-refractivity contribution in [1.82, 2.24) is 4.90 Å². The van der Waals surface area contributed by atoms with Crippen molar-refractivity contribution >= 4 is 50.7 Å². The number of amides is 3. The Balaban J connectivity index is 1.47. The molecule has 262 valence electrons. The first kappa shape index (κ1) is 35.6. The molecular weight excluding hydrogens is 696 g/mol. The van der Waals surface area contributed by atoms with Gasteiger partial charge < -0.3 is 29.4 Å². The molecule has 1 N–H and O–H groups in total. The van der Waals surface area contributed by atoms with Gasteiger partial charge in [-0.3, -0.25) is 14.4 Å². The van der Waals surface area contributed by atoms with Crippen LogP contribution in [-0.4, -0.2) is 83.1 Å². The van der Waals surface area contributed by atoms with Crippen molar-refractivity contribution < 1.29 is 24.2 Å². The normalized spacial score (nSPS) is 25.6. The van der Waals surface area contributed by atoms with Crippen LogP contribution in [0.5, 0.6) is 0 Å². The number of nitrogens with zero attached hydrogens (tertiary/aromatic N) is 4. The zero-order valence-corrected chi connectivity index (χ0v) is 30.2. The maximum atomic E-state index is 15.2. The van der Waals surface area contributed by atoms with Crippen LogP contribution in [0.2, 0.25) is 0 Å². The summed E-state index contributed by atoms with van der Waals surface area (Å²) in [6.45, 7) is 13.7. The molecule has 9 nitrogen and oxygen atoms in total. The summed E-state index contributed by atoms with van der Waals surface area (Å²) in [7, 11) is 0.